The van der Waals surface area contributed by atoms with Crippen LogP contribution in [0.1, 0.15) is 22.7 Å². The first kappa shape index (κ1) is 25.8. The van der Waals surface area contributed by atoms with E-state index >= 15 is 0 Å². The molecule has 0 bridgehead atoms. The van der Waals surface area contributed by atoms with Crippen molar-refractivity contribution in [3.05, 3.63) is 94.0 Å². The molecule has 2 N–H and O–H groups in total. The predicted octanol–water partition coefficient (Wildman–Crippen LogP) is 4.67. The van der Waals surface area contributed by atoms with Crippen LogP contribution >= 0.6 is 11.6 Å². The van der Waals surface area contributed by atoms with Gasteiger partial charge in [0.15, 0.2) is 0 Å². The first-order valence-corrected chi connectivity index (χ1v) is 11.7. The maximum Gasteiger partial charge on any atom is 0.307 e. The van der Waals surface area contributed by atoms with Crippen molar-refractivity contribution in [2.24, 2.45) is 0 Å². The summed E-state index contributed by atoms with van der Waals surface area (Å²) < 4.78 is 5.17. The second-order valence-electron chi connectivity index (χ2n) is 8.74. The number of aliphatic hydroxyl groups excluding tert-OH is 1. The number of anilines is 2. The Bertz CT molecular complexity index is 1400. The van der Waals surface area contributed by atoms with Crippen LogP contribution < -0.4 is 14.5 Å². The summed E-state index contributed by atoms with van der Waals surface area (Å²) in [5.74, 6) is -2.60. The Morgan fingerprint density at radius 1 is 1.00 bits per heavy atom. The number of carbonyl (C=O) groups is 3. The summed E-state index contributed by atoms with van der Waals surface area (Å²) in [7, 11) is 5.26. The maximum absolute atomic E-state index is 13.3. The number of rotatable bonds is 7. The maximum atomic E-state index is 13.3. The zero-order valence-corrected chi connectivity index (χ0v) is 21.2. The Morgan fingerprint density at radius 2 is 1.65 bits per heavy atom. The molecule has 1 atom stereocenters. The standard InChI is InChI=1S/C28H25ClN2O6/c1-30(2)19-11-6-17(7-12-19)25-24(26(34)18-8-13-22(37-3)21(29)15-18)27(35)28(36)31(25)20-9-4-16(5-10-20)14-23(32)33/h4-13,15,25,34H,14H2,1-3H3,(H,32,33)/b26-24-. The molecule has 4 rings (SSSR count). The van der Waals surface area contributed by atoms with Crippen molar-refractivity contribution in [1.29, 1.82) is 0 Å². The molecule has 190 valence electrons. The van der Waals surface area contributed by atoms with Gasteiger partial charge in [0.05, 0.1) is 30.2 Å². The topological polar surface area (TPSA) is 107 Å². The van der Waals surface area contributed by atoms with Gasteiger partial charge in [-0.05, 0) is 53.6 Å². The number of ether oxygens (including phenoxy) is 1. The Kier molecular flexibility index (Phi) is 7.22. The van der Waals surface area contributed by atoms with E-state index in [9.17, 15) is 19.5 Å². The molecule has 3 aromatic rings. The number of halogens is 1. The van der Waals surface area contributed by atoms with E-state index < -0.39 is 23.7 Å². The number of carboxylic acid groups (broad SMARTS) is 1. The smallest absolute Gasteiger partial charge is 0.307 e. The zero-order chi connectivity index (χ0) is 26.9. The van der Waals surface area contributed by atoms with Gasteiger partial charge in [-0.15, -0.1) is 0 Å². The van der Waals surface area contributed by atoms with Crippen molar-refractivity contribution in [1.82, 2.24) is 0 Å². The number of benzene rings is 3. The van der Waals surface area contributed by atoms with Crippen LogP contribution in [0.3, 0.4) is 0 Å². The molecular formula is C28H25ClN2O6. The van der Waals surface area contributed by atoms with Gasteiger partial charge in [0.25, 0.3) is 11.7 Å². The number of aliphatic carboxylic acids is 1. The number of hydrogen-bond acceptors (Lipinski definition) is 6. The van der Waals surface area contributed by atoms with Gasteiger partial charge < -0.3 is 19.8 Å². The number of methoxy groups -OCH3 is 1. The lowest BCUT2D eigenvalue weighted by molar-refractivity contribution is -0.136. The summed E-state index contributed by atoms with van der Waals surface area (Å²) in [4.78, 5) is 41.0. The Morgan fingerprint density at radius 3 is 2.19 bits per heavy atom. The van der Waals surface area contributed by atoms with Crippen LogP contribution in [-0.4, -0.2) is 49.1 Å². The summed E-state index contributed by atoms with van der Waals surface area (Å²) >= 11 is 6.25. The lowest BCUT2D eigenvalue weighted by Gasteiger charge is -2.26. The van der Waals surface area contributed by atoms with E-state index in [0.717, 1.165) is 5.69 Å². The number of amides is 1. The van der Waals surface area contributed by atoms with Crippen LogP contribution in [0.2, 0.25) is 5.02 Å². The highest BCUT2D eigenvalue weighted by molar-refractivity contribution is 6.51. The summed E-state index contributed by atoms with van der Waals surface area (Å²) in [6.45, 7) is 0. The summed E-state index contributed by atoms with van der Waals surface area (Å²) in [6.07, 6.45) is -0.174. The second kappa shape index (κ2) is 10.4. The average Bonchev–Trinajstić information content (AvgIpc) is 3.14. The van der Waals surface area contributed by atoms with Gasteiger partial charge in [-0.25, -0.2) is 0 Å². The minimum atomic E-state index is -0.979. The van der Waals surface area contributed by atoms with E-state index in [-0.39, 0.29) is 28.3 Å². The van der Waals surface area contributed by atoms with Crippen LogP contribution in [0, 0.1) is 0 Å². The van der Waals surface area contributed by atoms with Gasteiger partial charge in [0.2, 0.25) is 0 Å². The van der Waals surface area contributed by atoms with E-state index in [0.29, 0.717) is 22.6 Å². The van der Waals surface area contributed by atoms with Gasteiger partial charge in [0, 0.05) is 31.0 Å². The zero-order valence-electron chi connectivity index (χ0n) is 20.4. The largest absolute Gasteiger partial charge is 0.507 e. The van der Waals surface area contributed by atoms with Gasteiger partial charge >= 0.3 is 5.97 Å². The van der Waals surface area contributed by atoms with Gasteiger partial charge in [0.1, 0.15) is 11.5 Å². The lowest BCUT2D eigenvalue weighted by atomic mass is 9.94. The van der Waals surface area contributed by atoms with Crippen molar-refractivity contribution >= 4 is 46.4 Å². The van der Waals surface area contributed by atoms with E-state index in [4.69, 9.17) is 21.4 Å². The van der Waals surface area contributed by atoms with Gasteiger partial charge in [-0.3, -0.25) is 19.3 Å². The third-order valence-electron chi connectivity index (χ3n) is 6.16. The second-order valence-corrected chi connectivity index (χ2v) is 9.15. The van der Waals surface area contributed by atoms with Crippen LogP contribution in [0.5, 0.6) is 5.75 Å². The van der Waals surface area contributed by atoms with Gasteiger partial charge in [-0.2, -0.15) is 0 Å². The molecule has 9 heteroatoms. The summed E-state index contributed by atoms with van der Waals surface area (Å²) in [5.41, 5.74) is 2.65. The molecule has 1 aliphatic rings. The first-order valence-electron chi connectivity index (χ1n) is 11.3. The Balaban J connectivity index is 1.88. The molecule has 1 amide bonds. The molecule has 0 aromatic heterocycles. The number of nitrogens with zero attached hydrogens (tertiary/aromatic N) is 2. The van der Waals surface area contributed by atoms with Crippen LogP contribution in [0.15, 0.2) is 72.3 Å². The van der Waals surface area contributed by atoms with Crippen molar-refractivity contribution in [2.45, 2.75) is 12.5 Å². The molecular weight excluding hydrogens is 496 g/mol. The minimum Gasteiger partial charge on any atom is -0.507 e. The lowest BCUT2D eigenvalue weighted by Crippen LogP contribution is -2.29. The molecule has 8 nitrogen and oxygen atoms in total. The predicted molar refractivity (Wildman–Crippen MR) is 141 cm³/mol. The van der Waals surface area contributed by atoms with E-state index in [2.05, 4.69) is 0 Å². The normalized spacial score (nSPS) is 16.6. The molecule has 37 heavy (non-hydrogen) atoms. The highest BCUT2D eigenvalue weighted by Crippen LogP contribution is 2.43. The molecule has 1 aliphatic heterocycles. The fourth-order valence-electron chi connectivity index (χ4n) is 4.29. The molecule has 0 aliphatic carbocycles. The number of ketones is 1. The van der Waals surface area contributed by atoms with Crippen LogP contribution in [-0.2, 0) is 20.8 Å². The average molecular weight is 521 g/mol. The van der Waals surface area contributed by atoms with Crippen molar-refractivity contribution < 1.29 is 29.3 Å². The number of Topliss-reactive ketones (excluding diaryl/α,β-unsaturated/α-hetero) is 1. The quantitative estimate of drug-likeness (QED) is 0.265. The summed E-state index contributed by atoms with van der Waals surface area (Å²) in [5, 5.41) is 20.6. The highest BCUT2D eigenvalue weighted by Gasteiger charge is 2.47. The Hall–Kier alpha value is -4.30. The van der Waals surface area contributed by atoms with Crippen LogP contribution in [0.25, 0.3) is 5.76 Å². The molecule has 1 fully saturated rings. The molecule has 0 spiro atoms. The SMILES string of the molecule is COc1ccc(/C(O)=C2/C(=O)C(=O)N(c3ccc(CC(=O)O)cc3)C2c2ccc(N(C)C)cc2)cc1Cl. The van der Waals surface area contributed by atoms with Crippen molar-refractivity contribution in [3.8, 4) is 5.75 Å². The number of carbonyl (C=O) groups excluding carboxylic acids is 2. The Labute approximate surface area is 219 Å². The summed E-state index contributed by atoms with van der Waals surface area (Å²) in [6, 6.07) is 17.3. The molecule has 0 saturated carbocycles. The number of hydrogen-bond donors (Lipinski definition) is 2. The third-order valence-corrected chi connectivity index (χ3v) is 6.46. The molecule has 1 saturated heterocycles. The van der Waals surface area contributed by atoms with E-state index in [1.54, 1.807) is 48.5 Å². The third kappa shape index (κ3) is 5.01. The fourth-order valence-corrected chi connectivity index (χ4v) is 4.54. The van der Waals surface area contributed by atoms with E-state index in [1.807, 2.05) is 31.1 Å². The molecule has 1 heterocycles. The minimum absolute atomic E-state index is 0.0848. The van der Waals surface area contributed by atoms with E-state index in [1.165, 1.54) is 18.1 Å². The van der Waals surface area contributed by atoms with Gasteiger partial charge in [-0.1, -0.05) is 35.9 Å². The van der Waals surface area contributed by atoms with Crippen molar-refractivity contribution in [2.75, 3.05) is 31.0 Å². The highest BCUT2D eigenvalue weighted by atomic mass is 35.5. The first-order chi connectivity index (χ1) is 17.6. The monoisotopic (exact) mass is 520 g/mol. The van der Waals surface area contributed by atoms with Crippen molar-refractivity contribution in [3.63, 3.8) is 0 Å². The molecule has 1 unspecified atom stereocenters. The van der Waals surface area contributed by atoms with Crippen LogP contribution in [0.4, 0.5) is 11.4 Å². The fraction of sp³-hybridized carbons (Fsp3) is 0.179. The number of aliphatic hydroxyl groups is 1. The number of carboxylic acids is 1. The molecule has 0 radical (unpaired) electrons. The molecule has 3 aromatic carbocycles.